The summed E-state index contributed by atoms with van der Waals surface area (Å²) in [6.07, 6.45) is 2.57. The Hall–Kier alpha value is -2.46. The van der Waals surface area contributed by atoms with Crippen molar-refractivity contribution in [2.24, 2.45) is 5.92 Å². The summed E-state index contributed by atoms with van der Waals surface area (Å²) in [5.74, 6) is -1.39. The van der Waals surface area contributed by atoms with E-state index < -0.39 is 34.5 Å². The zero-order valence-electron chi connectivity index (χ0n) is 18.4. The van der Waals surface area contributed by atoms with E-state index in [4.69, 9.17) is 4.74 Å². The fraction of sp³-hybridized carbons (Fsp3) is 0.571. The van der Waals surface area contributed by atoms with E-state index >= 15 is 0 Å². The Morgan fingerprint density at radius 2 is 1.94 bits per heavy atom. The van der Waals surface area contributed by atoms with Crippen LogP contribution in [0.1, 0.15) is 56.0 Å². The van der Waals surface area contributed by atoms with Gasteiger partial charge >= 0.3 is 12.0 Å². The minimum atomic E-state index is -3.75. The molecule has 172 valence electrons. The Balaban J connectivity index is 2.05. The van der Waals surface area contributed by atoms with Crippen LogP contribution in [0.25, 0.3) is 0 Å². The van der Waals surface area contributed by atoms with Crippen LogP contribution in [0.2, 0.25) is 0 Å². The van der Waals surface area contributed by atoms with Gasteiger partial charge in [-0.2, -0.15) is 4.31 Å². The third kappa shape index (κ3) is 6.76. The zero-order valence-corrected chi connectivity index (χ0v) is 19.3. The molecule has 1 atom stereocenters. The van der Waals surface area contributed by atoms with Crippen LogP contribution in [0.3, 0.4) is 0 Å². The lowest BCUT2D eigenvalue weighted by Crippen LogP contribution is -2.42. The molecular weight excluding hydrogens is 422 g/mol. The molecule has 0 aliphatic carbocycles. The van der Waals surface area contributed by atoms with E-state index in [9.17, 15) is 22.8 Å². The molecule has 0 bridgehead atoms. The molecule has 1 aliphatic heterocycles. The molecule has 10 heteroatoms. The summed E-state index contributed by atoms with van der Waals surface area (Å²) in [6.45, 7) is 7.52. The van der Waals surface area contributed by atoms with Gasteiger partial charge in [0, 0.05) is 19.1 Å². The van der Waals surface area contributed by atoms with Crippen molar-refractivity contribution in [2.45, 2.75) is 57.9 Å². The van der Waals surface area contributed by atoms with Crippen molar-refractivity contribution in [1.82, 2.24) is 14.9 Å². The van der Waals surface area contributed by atoms with Gasteiger partial charge in [-0.1, -0.05) is 26.3 Å². The third-order valence-electron chi connectivity index (χ3n) is 5.04. The van der Waals surface area contributed by atoms with Crippen LogP contribution in [0.15, 0.2) is 23.1 Å². The number of nitrogens with zero attached hydrogens (tertiary/aromatic N) is 1. The number of nitrogens with one attached hydrogen (secondary N) is 2. The molecule has 1 fully saturated rings. The first kappa shape index (κ1) is 24.8. The number of rotatable bonds is 7. The molecule has 1 aliphatic rings. The van der Waals surface area contributed by atoms with E-state index in [0.29, 0.717) is 18.7 Å². The average Bonchev–Trinajstić information content (AvgIpc) is 2.70. The van der Waals surface area contributed by atoms with E-state index in [1.54, 1.807) is 6.92 Å². The van der Waals surface area contributed by atoms with Crippen LogP contribution < -0.4 is 10.6 Å². The highest BCUT2D eigenvalue weighted by atomic mass is 32.2. The Morgan fingerprint density at radius 3 is 2.58 bits per heavy atom. The number of aryl methyl sites for hydroxylation is 1. The first-order valence-corrected chi connectivity index (χ1v) is 11.8. The molecular formula is C21H31N3O6S. The minimum Gasteiger partial charge on any atom is -0.452 e. The SMILES string of the molecule is Cc1ccc(S(=O)(=O)N2CCCCC2C)cc1C(=O)OCC(=O)NC(=O)NCC(C)C. The predicted molar refractivity (Wildman–Crippen MR) is 115 cm³/mol. The summed E-state index contributed by atoms with van der Waals surface area (Å²) in [5.41, 5.74) is 0.577. The third-order valence-corrected chi connectivity index (χ3v) is 7.05. The fourth-order valence-electron chi connectivity index (χ4n) is 3.26. The number of benzene rings is 1. The number of hydrogen-bond acceptors (Lipinski definition) is 6. The molecule has 0 saturated carbocycles. The molecule has 1 saturated heterocycles. The van der Waals surface area contributed by atoms with Gasteiger partial charge in [0.15, 0.2) is 6.61 Å². The maximum Gasteiger partial charge on any atom is 0.338 e. The lowest BCUT2D eigenvalue weighted by atomic mass is 10.1. The quantitative estimate of drug-likeness (QED) is 0.611. The van der Waals surface area contributed by atoms with Crippen molar-refractivity contribution < 1.29 is 27.5 Å². The van der Waals surface area contributed by atoms with Crippen LogP contribution in [-0.2, 0) is 19.6 Å². The number of carbonyl (C=O) groups excluding carboxylic acids is 3. The summed E-state index contributed by atoms with van der Waals surface area (Å²) in [7, 11) is -3.75. The van der Waals surface area contributed by atoms with Gasteiger partial charge in [0.05, 0.1) is 10.5 Å². The second kappa shape index (κ2) is 10.7. The van der Waals surface area contributed by atoms with E-state index in [1.165, 1.54) is 22.5 Å². The van der Waals surface area contributed by atoms with Crippen LogP contribution in [0, 0.1) is 12.8 Å². The molecule has 2 N–H and O–H groups in total. The summed E-state index contributed by atoms with van der Waals surface area (Å²) in [5, 5.41) is 4.59. The first-order valence-electron chi connectivity index (χ1n) is 10.4. The summed E-state index contributed by atoms with van der Waals surface area (Å²) < 4.78 is 32.5. The molecule has 31 heavy (non-hydrogen) atoms. The molecule has 2 rings (SSSR count). The average molecular weight is 454 g/mol. The Kier molecular flexibility index (Phi) is 8.58. The largest absolute Gasteiger partial charge is 0.452 e. The van der Waals surface area contributed by atoms with E-state index in [1.807, 2.05) is 20.8 Å². The molecule has 3 amide bonds. The molecule has 0 radical (unpaired) electrons. The van der Waals surface area contributed by atoms with Crippen LogP contribution in [0.4, 0.5) is 4.79 Å². The van der Waals surface area contributed by atoms with Crippen molar-refractivity contribution in [2.75, 3.05) is 19.7 Å². The molecule has 0 spiro atoms. The van der Waals surface area contributed by atoms with Gasteiger partial charge in [0.2, 0.25) is 10.0 Å². The number of esters is 1. The van der Waals surface area contributed by atoms with Gasteiger partial charge in [-0.05, 0) is 50.3 Å². The summed E-state index contributed by atoms with van der Waals surface area (Å²) >= 11 is 0. The van der Waals surface area contributed by atoms with Crippen molar-refractivity contribution in [3.05, 3.63) is 29.3 Å². The van der Waals surface area contributed by atoms with Crippen molar-refractivity contribution in [3.8, 4) is 0 Å². The highest BCUT2D eigenvalue weighted by Gasteiger charge is 2.31. The number of carbonyl (C=O) groups is 3. The monoisotopic (exact) mass is 453 g/mol. The van der Waals surface area contributed by atoms with Crippen LogP contribution in [-0.4, -0.2) is 56.4 Å². The maximum atomic E-state index is 13.0. The van der Waals surface area contributed by atoms with E-state index in [-0.39, 0.29) is 22.4 Å². The molecule has 1 aromatic carbocycles. The minimum absolute atomic E-state index is 0.0105. The highest BCUT2D eigenvalue weighted by Crippen LogP contribution is 2.26. The van der Waals surface area contributed by atoms with Crippen LogP contribution >= 0.6 is 0 Å². The topological polar surface area (TPSA) is 122 Å². The summed E-state index contributed by atoms with van der Waals surface area (Å²) in [4.78, 5) is 35.9. The first-order chi connectivity index (χ1) is 14.5. The standard InChI is InChI=1S/C21H31N3O6S/c1-14(2)12-22-21(27)23-19(25)13-30-20(26)18-11-17(9-8-15(18)3)31(28,29)24-10-6-5-7-16(24)4/h8-9,11,14,16H,5-7,10,12-13H2,1-4H3,(H2,22,23,25,27). The fourth-order valence-corrected chi connectivity index (χ4v) is 4.98. The number of amides is 3. The predicted octanol–water partition coefficient (Wildman–Crippen LogP) is 2.20. The van der Waals surface area contributed by atoms with Gasteiger partial charge in [-0.15, -0.1) is 0 Å². The summed E-state index contributed by atoms with van der Waals surface area (Å²) in [6, 6.07) is 3.50. The van der Waals surface area contributed by atoms with Gasteiger partial charge < -0.3 is 10.1 Å². The molecule has 0 aromatic heterocycles. The Labute approximate surface area is 183 Å². The zero-order chi connectivity index (χ0) is 23.2. The van der Waals surface area contributed by atoms with E-state index in [2.05, 4.69) is 10.6 Å². The lowest BCUT2D eigenvalue weighted by molar-refractivity contribution is -0.123. The molecule has 1 heterocycles. The van der Waals surface area contributed by atoms with Gasteiger partial charge in [-0.3, -0.25) is 10.1 Å². The lowest BCUT2D eigenvalue weighted by Gasteiger charge is -2.32. The van der Waals surface area contributed by atoms with Gasteiger partial charge in [0.25, 0.3) is 5.91 Å². The Morgan fingerprint density at radius 1 is 1.23 bits per heavy atom. The van der Waals surface area contributed by atoms with Crippen molar-refractivity contribution in [1.29, 1.82) is 0 Å². The smallest absolute Gasteiger partial charge is 0.338 e. The number of ether oxygens (including phenoxy) is 1. The maximum absolute atomic E-state index is 13.0. The van der Waals surface area contributed by atoms with Crippen molar-refractivity contribution >= 4 is 27.9 Å². The van der Waals surface area contributed by atoms with Gasteiger partial charge in [-0.25, -0.2) is 18.0 Å². The number of sulfonamides is 1. The number of piperidine rings is 1. The Bertz CT molecular complexity index is 929. The molecule has 9 nitrogen and oxygen atoms in total. The normalized spacial score (nSPS) is 17.3. The second-order valence-electron chi connectivity index (χ2n) is 8.17. The number of imide groups is 1. The molecule has 1 aromatic rings. The molecule has 1 unspecified atom stereocenters. The second-order valence-corrected chi connectivity index (χ2v) is 10.1. The van der Waals surface area contributed by atoms with Crippen molar-refractivity contribution in [3.63, 3.8) is 0 Å². The number of hydrogen-bond donors (Lipinski definition) is 2. The van der Waals surface area contributed by atoms with Crippen LogP contribution in [0.5, 0.6) is 0 Å². The van der Waals surface area contributed by atoms with E-state index in [0.717, 1.165) is 19.3 Å². The highest BCUT2D eigenvalue weighted by molar-refractivity contribution is 7.89. The number of urea groups is 1. The van der Waals surface area contributed by atoms with Gasteiger partial charge in [0.1, 0.15) is 0 Å².